The van der Waals surface area contributed by atoms with Gasteiger partial charge in [-0.3, -0.25) is 0 Å². The third-order valence-corrected chi connectivity index (χ3v) is 4.70. The second kappa shape index (κ2) is 1.19. The van der Waals surface area contributed by atoms with Crippen LogP contribution < -0.4 is 0 Å². The Morgan fingerprint density at radius 2 is 1.20 bits per heavy atom. The summed E-state index contributed by atoms with van der Waals surface area (Å²) in [5.41, 5.74) is 0. The maximum Gasteiger partial charge on any atom is -0.0323 e. The van der Waals surface area contributed by atoms with Crippen LogP contribution in [0.15, 0.2) is 0 Å². The van der Waals surface area contributed by atoms with Crippen LogP contribution in [0.5, 0.6) is 0 Å². The van der Waals surface area contributed by atoms with Crippen LogP contribution in [0.25, 0.3) is 0 Å². The van der Waals surface area contributed by atoms with Crippen molar-refractivity contribution in [2.24, 2.45) is 35.5 Å². The van der Waals surface area contributed by atoms with E-state index in [0.29, 0.717) is 0 Å². The van der Waals surface area contributed by atoms with Crippen molar-refractivity contribution in [2.45, 2.75) is 25.7 Å². The van der Waals surface area contributed by atoms with Gasteiger partial charge in [-0.1, -0.05) is 0 Å². The Kier molecular flexibility index (Phi) is 0.570. The maximum atomic E-state index is 1.64. The number of rotatable bonds is 0. The van der Waals surface area contributed by atoms with E-state index in [2.05, 4.69) is 0 Å². The summed E-state index contributed by atoms with van der Waals surface area (Å²) in [5.74, 6) is 7.46. The molecule has 0 amide bonds. The second-order valence-corrected chi connectivity index (χ2v) is 5.13. The molecule has 4 rings (SSSR count). The van der Waals surface area contributed by atoms with Crippen LogP contribution in [0.2, 0.25) is 0 Å². The smallest absolute Gasteiger partial charge is 0.0323 e. The van der Waals surface area contributed by atoms with E-state index in [1.54, 1.807) is 25.7 Å². The quantitative estimate of drug-likeness (QED) is 0.477. The van der Waals surface area contributed by atoms with Crippen LogP contribution in [0.1, 0.15) is 25.7 Å². The molecule has 0 saturated heterocycles. The predicted molar refractivity (Wildman–Crippen MR) is 39.4 cm³/mol. The molecule has 0 spiro atoms. The molecule has 0 aromatic heterocycles. The Morgan fingerprint density at radius 1 is 0.600 bits per heavy atom. The van der Waals surface area contributed by atoms with Crippen molar-refractivity contribution in [3.05, 3.63) is 0 Å². The molecule has 4 atom stereocenters. The molecule has 0 nitrogen and oxygen atoms in total. The zero-order valence-electron chi connectivity index (χ0n) is 6.29. The van der Waals surface area contributed by atoms with Gasteiger partial charge in [0.25, 0.3) is 0 Å². The molecule has 54 valence electrons. The summed E-state index contributed by atoms with van der Waals surface area (Å²) in [7, 11) is 0. The fourth-order valence-electron chi connectivity index (χ4n) is 4.23. The summed E-state index contributed by atoms with van der Waals surface area (Å²) in [5, 5.41) is 0. The van der Waals surface area contributed by atoms with Crippen molar-refractivity contribution in [1.82, 2.24) is 0 Å². The minimum absolute atomic E-state index is 1.23. The number of hydrogen-bond donors (Lipinski definition) is 0. The first kappa shape index (κ1) is 4.79. The van der Waals surface area contributed by atoms with E-state index in [-0.39, 0.29) is 0 Å². The zero-order valence-corrected chi connectivity index (χ0v) is 6.29. The fraction of sp³-hybridized carbons (Fsp3) is 1.00. The van der Waals surface area contributed by atoms with Crippen molar-refractivity contribution in [3.8, 4) is 0 Å². The summed E-state index contributed by atoms with van der Waals surface area (Å²) in [4.78, 5) is 0. The van der Waals surface area contributed by atoms with Gasteiger partial charge in [-0.25, -0.2) is 0 Å². The van der Waals surface area contributed by atoms with Crippen LogP contribution >= 0.6 is 0 Å². The minimum Gasteiger partial charge on any atom is -0.0470 e. The molecule has 0 aliphatic heterocycles. The van der Waals surface area contributed by atoms with Gasteiger partial charge in [0, 0.05) is 0 Å². The minimum atomic E-state index is 1.23. The van der Waals surface area contributed by atoms with Gasteiger partial charge in [-0.2, -0.15) is 0 Å². The Labute approximate surface area is 62.0 Å². The molecule has 0 radical (unpaired) electrons. The summed E-state index contributed by atoms with van der Waals surface area (Å²) in [6, 6.07) is 0. The highest BCUT2D eigenvalue weighted by Gasteiger charge is 2.64. The molecule has 0 heterocycles. The van der Waals surface area contributed by atoms with Crippen molar-refractivity contribution >= 4 is 0 Å². The molecule has 0 bridgehead atoms. The van der Waals surface area contributed by atoms with E-state index in [4.69, 9.17) is 0 Å². The lowest BCUT2D eigenvalue weighted by atomic mass is 9.90. The van der Waals surface area contributed by atoms with Gasteiger partial charge in [-0.05, 0) is 61.2 Å². The summed E-state index contributed by atoms with van der Waals surface area (Å²) >= 11 is 0. The largest absolute Gasteiger partial charge is 0.0470 e. The van der Waals surface area contributed by atoms with Crippen molar-refractivity contribution in [2.75, 3.05) is 0 Å². The first-order chi connectivity index (χ1) is 4.93. The van der Waals surface area contributed by atoms with E-state index in [1.165, 1.54) is 35.5 Å². The lowest BCUT2D eigenvalue weighted by molar-refractivity contribution is 0.340. The van der Waals surface area contributed by atoms with Crippen LogP contribution in [0.4, 0.5) is 0 Å². The Morgan fingerprint density at radius 3 is 1.70 bits per heavy atom. The molecular weight excluding hydrogens is 120 g/mol. The normalized spacial score (nSPS) is 74.4. The summed E-state index contributed by atoms with van der Waals surface area (Å²) in [6.07, 6.45) is 6.54. The van der Waals surface area contributed by atoms with Gasteiger partial charge in [0.2, 0.25) is 0 Å². The molecule has 4 unspecified atom stereocenters. The zero-order chi connectivity index (χ0) is 6.29. The van der Waals surface area contributed by atoms with Gasteiger partial charge in [0.1, 0.15) is 0 Å². The highest BCUT2D eigenvalue weighted by Crippen LogP contribution is 2.72. The predicted octanol–water partition coefficient (Wildman–Crippen LogP) is 2.30. The van der Waals surface area contributed by atoms with E-state index in [9.17, 15) is 0 Å². The van der Waals surface area contributed by atoms with Gasteiger partial charge in [0.05, 0.1) is 0 Å². The van der Waals surface area contributed by atoms with Gasteiger partial charge >= 0.3 is 0 Å². The first-order valence-corrected chi connectivity index (χ1v) is 4.93. The highest BCUT2D eigenvalue weighted by molar-refractivity contribution is 5.13. The molecule has 4 saturated carbocycles. The average molecular weight is 134 g/mol. The van der Waals surface area contributed by atoms with Gasteiger partial charge in [0.15, 0.2) is 0 Å². The summed E-state index contributed by atoms with van der Waals surface area (Å²) in [6.45, 7) is 0. The van der Waals surface area contributed by atoms with Gasteiger partial charge in [-0.15, -0.1) is 0 Å². The summed E-state index contributed by atoms with van der Waals surface area (Å²) < 4.78 is 0. The Bertz CT molecular complexity index is 176. The molecule has 0 heteroatoms. The third-order valence-electron chi connectivity index (χ3n) is 4.70. The highest BCUT2D eigenvalue weighted by atomic mass is 14.7. The lowest BCUT2D eigenvalue weighted by Crippen LogP contribution is -2.08. The van der Waals surface area contributed by atoms with E-state index >= 15 is 0 Å². The van der Waals surface area contributed by atoms with Crippen molar-refractivity contribution in [1.29, 1.82) is 0 Å². The number of hydrogen-bond acceptors (Lipinski definition) is 0. The topological polar surface area (TPSA) is 0 Å². The molecule has 0 N–H and O–H groups in total. The van der Waals surface area contributed by atoms with E-state index in [1.807, 2.05) is 0 Å². The van der Waals surface area contributed by atoms with Gasteiger partial charge < -0.3 is 0 Å². The molecule has 0 aromatic carbocycles. The Balaban J connectivity index is 1.76. The monoisotopic (exact) mass is 134 g/mol. The van der Waals surface area contributed by atoms with E-state index in [0.717, 1.165) is 0 Å². The Hall–Kier alpha value is 0. The molecule has 4 fully saturated rings. The van der Waals surface area contributed by atoms with Crippen LogP contribution in [0.3, 0.4) is 0 Å². The molecule has 0 aromatic rings. The standard InChI is InChI=1S/C10H14/c1-5-3-8(5)10-7(1)2-6-4-9(6)10/h5-10H,1-4H2. The fourth-order valence-corrected chi connectivity index (χ4v) is 4.23. The van der Waals surface area contributed by atoms with Crippen LogP contribution in [0, 0.1) is 35.5 Å². The lowest BCUT2D eigenvalue weighted by Gasteiger charge is -2.15. The van der Waals surface area contributed by atoms with Crippen molar-refractivity contribution < 1.29 is 0 Å². The third kappa shape index (κ3) is 0.383. The van der Waals surface area contributed by atoms with Crippen molar-refractivity contribution in [3.63, 3.8) is 0 Å². The molecule has 4 aliphatic rings. The average Bonchev–Trinajstić information content (AvgIpc) is 2.78. The van der Waals surface area contributed by atoms with Crippen LogP contribution in [-0.2, 0) is 0 Å². The first-order valence-electron chi connectivity index (χ1n) is 4.93. The SMILES string of the molecule is C1C2CC2C2C1CC1CC12. The second-order valence-electron chi connectivity index (χ2n) is 5.13. The molecule has 10 heavy (non-hydrogen) atoms. The molecular formula is C10H14. The maximum absolute atomic E-state index is 1.64. The van der Waals surface area contributed by atoms with E-state index < -0.39 is 0 Å². The number of fused-ring (bicyclic) bond motifs is 5. The van der Waals surface area contributed by atoms with Crippen LogP contribution in [-0.4, -0.2) is 0 Å². The molecule has 4 aliphatic carbocycles.